The molecule has 0 radical (unpaired) electrons. The maximum atomic E-state index is 11.8. The Labute approximate surface area is 121 Å². The largest absolute Gasteiger partial charge is 0.478 e. The van der Waals surface area contributed by atoms with Gasteiger partial charge in [0.2, 0.25) is 0 Å². The molecule has 2 rings (SSSR count). The van der Waals surface area contributed by atoms with Crippen molar-refractivity contribution >= 4 is 17.7 Å². The van der Waals surface area contributed by atoms with Gasteiger partial charge in [0.15, 0.2) is 0 Å². The van der Waals surface area contributed by atoms with Gasteiger partial charge in [-0.2, -0.15) is 0 Å². The van der Waals surface area contributed by atoms with Crippen LogP contribution in [0.4, 0.5) is 10.5 Å². The number of benzene rings is 1. The van der Waals surface area contributed by atoms with E-state index < -0.39 is 12.0 Å². The number of urea groups is 1. The van der Waals surface area contributed by atoms with Crippen LogP contribution < -0.4 is 10.6 Å². The number of aromatic carboxylic acids is 1. The van der Waals surface area contributed by atoms with Gasteiger partial charge in [0, 0.05) is 18.9 Å². The van der Waals surface area contributed by atoms with Crippen LogP contribution in [0.15, 0.2) is 42.7 Å². The minimum absolute atomic E-state index is 0.0488. The lowest BCUT2D eigenvalue weighted by atomic mass is 10.1. The molecule has 1 heterocycles. The maximum Gasteiger partial charge on any atom is 0.337 e. The fraction of sp³-hybridized carbons (Fsp3) is 0.133. The molecule has 0 fully saturated rings. The second-order valence-corrected chi connectivity index (χ2v) is 4.46. The normalized spacial score (nSPS) is 9.95. The Bertz CT molecular complexity index is 671. The molecule has 108 valence electrons. The van der Waals surface area contributed by atoms with Crippen molar-refractivity contribution in [2.75, 3.05) is 5.32 Å². The molecule has 0 atom stereocenters. The molecule has 0 aliphatic rings. The topological polar surface area (TPSA) is 91.3 Å². The van der Waals surface area contributed by atoms with Gasteiger partial charge in [-0.3, -0.25) is 4.98 Å². The second kappa shape index (κ2) is 6.51. The van der Waals surface area contributed by atoms with E-state index in [4.69, 9.17) is 5.11 Å². The Morgan fingerprint density at radius 1 is 1.24 bits per heavy atom. The summed E-state index contributed by atoms with van der Waals surface area (Å²) in [6.45, 7) is 2.25. The Balaban J connectivity index is 2.00. The van der Waals surface area contributed by atoms with E-state index in [-0.39, 0.29) is 11.3 Å². The molecule has 1 aromatic heterocycles. The molecular weight excluding hydrogens is 270 g/mol. The Morgan fingerprint density at radius 2 is 2.00 bits per heavy atom. The molecule has 0 spiro atoms. The molecule has 6 nitrogen and oxygen atoms in total. The van der Waals surface area contributed by atoms with Gasteiger partial charge >= 0.3 is 12.0 Å². The number of anilines is 1. The van der Waals surface area contributed by atoms with E-state index in [0.29, 0.717) is 6.54 Å². The van der Waals surface area contributed by atoms with Crippen molar-refractivity contribution in [1.29, 1.82) is 0 Å². The first-order valence-electron chi connectivity index (χ1n) is 6.34. The molecule has 2 aromatic rings. The zero-order valence-corrected chi connectivity index (χ0v) is 11.5. The summed E-state index contributed by atoms with van der Waals surface area (Å²) < 4.78 is 0. The fourth-order valence-electron chi connectivity index (χ4n) is 1.82. The lowest BCUT2D eigenvalue weighted by Crippen LogP contribution is -2.29. The number of carbonyl (C=O) groups is 2. The minimum Gasteiger partial charge on any atom is -0.478 e. The van der Waals surface area contributed by atoms with Gasteiger partial charge in [-0.1, -0.05) is 12.1 Å². The highest BCUT2D eigenvalue weighted by molar-refractivity contribution is 5.99. The fourth-order valence-corrected chi connectivity index (χ4v) is 1.82. The SMILES string of the molecule is Cc1cnccc1CNC(=O)Nc1ccccc1C(=O)O. The van der Waals surface area contributed by atoms with Crippen molar-refractivity contribution in [3.8, 4) is 0 Å². The molecule has 1 aromatic carbocycles. The predicted octanol–water partition coefficient (Wildman–Crippen LogP) is 2.41. The Hall–Kier alpha value is -2.89. The zero-order valence-electron chi connectivity index (χ0n) is 11.5. The van der Waals surface area contributed by atoms with Crippen molar-refractivity contribution in [2.45, 2.75) is 13.5 Å². The summed E-state index contributed by atoms with van der Waals surface area (Å²) >= 11 is 0. The lowest BCUT2D eigenvalue weighted by Gasteiger charge is -2.10. The number of pyridine rings is 1. The number of aryl methyl sites for hydroxylation is 1. The number of carboxylic acid groups (broad SMARTS) is 1. The average Bonchev–Trinajstić information content (AvgIpc) is 2.47. The molecule has 3 N–H and O–H groups in total. The third kappa shape index (κ3) is 3.79. The summed E-state index contributed by atoms with van der Waals surface area (Å²) in [6, 6.07) is 7.61. The van der Waals surface area contributed by atoms with E-state index in [2.05, 4.69) is 15.6 Å². The standard InChI is InChI=1S/C15H15N3O3/c1-10-8-16-7-6-11(10)9-17-15(21)18-13-5-3-2-4-12(13)14(19)20/h2-8H,9H2,1H3,(H,19,20)(H2,17,18,21). The molecule has 0 aliphatic carbocycles. The van der Waals surface area contributed by atoms with Gasteiger partial charge < -0.3 is 15.7 Å². The lowest BCUT2D eigenvalue weighted by molar-refractivity contribution is 0.0698. The Kier molecular flexibility index (Phi) is 4.50. The van der Waals surface area contributed by atoms with Crippen LogP contribution in [0, 0.1) is 6.92 Å². The van der Waals surface area contributed by atoms with Crippen LogP contribution >= 0.6 is 0 Å². The van der Waals surface area contributed by atoms with E-state index in [0.717, 1.165) is 11.1 Å². The number of carbonyl (C=O) groups excluding carboxylic acids is 1. The molecule has 2 amide bonds. The third-order valence-electron chi connectivity index (χ3n) is 2.98. The van der Waals surface area contributed by atoms with E-state index in [9.17, 15) is 9.59 Å². The van der Waals surface area contributed by atoms with Crippen LogP contribution in [0.3, 0.4) is 0 Å². The Morgan fingerprint density at radius 3 is 2.71 bits per heavy atom. The highest BCUT2D eigenvalue weighted by atomic mass is 16.4. The van der Waals surface area contributed by atoms with E-state index in [1.807, 2.05) is 13.0 Å². The average molecular weight is 285 g/mol. The predicted molar refractivity (Wildman–Crippen MR) is 78.2 cm³/mol. The minimum atomic E-state index is -1.09. The van der Waals surface area contributed by atoms with Crippen molar-refractivity contribution in [2.24, 2.45) is 0 Å². The summed E-state index contributed by atoms with van der Waals surface area (Å²) in [5.74, 6) is -1.09. The number of hydrogen-bond donors (Lipinski definition) is 3. The zero-order chi connectivity index (χ0) is 15.2. The molecule has 0 unspecified atom stereocenters. The van der Waals surface area contributed by atoms with Crippen LogP contribution in [0.5, 0.6) is 0 Å². The molecule has 0 saturated carbocycles. The first-order chi connectivity index (χ1) is 10.1. The number of para-hydroxylation sites is 1. The van der Waals surface area contributed by atoms with E-state index in [1.165, 1.54) is 6.07 Å². The number of nitrogens with zero attached hydrogens (tertiary/aromatic N) is 1. The summed E-state index contributed by atoms with van der Waals surface area (Å²) in [5.41, 5.74) is 2.23. The van der Waals surface area contributed by atoms with E-state index in [1.54, 1.807) is 30.6 Å². The molecule has 21 heavy (non-hydrogen) atoms. The number of aromatic nitrogens is 1. The third-order valence-corrected chi connectivity index (χ3v) is 2.98. The number of hydrogen-bond acceptors (Lipinski definition) is 3. The number of nitrogens with one attached hydrogen (secondary N) is 2. The summed E-state index contributed by atoms with van der Waals surface area (Å²) in [6.07, 6.45) is 3.37. The quantitative estimate of drug-likeness (QED) is 0.804. The second-order valence-electron chi connectivity index (χ2n) is 4.46. The van der Waals surface area contributed by atoms with Crippen molar-refractivity contribution in [3.05, 3.63) is 59.4 Å². The van der Waals surface area contributed by atoms with E-state index >= 15 is 0 Å². The smallest absolute Gasteiger partial charge is 0.337 e. The molecule has 0 aliphatic heterocycles. The summed E-state index contributed by atoms with van der Waals surface area (Å²) in [5, 5.41) is 14.3. The molecule has 0 saturated heterocycles. The monoisotopic (exact) mass is 285 g/mol. The summed E-state index contributed by atoms with van der Waals surface area (Å²) in [7, 11) is 0. The van der Waals surface area contributed by atoms with Crippen molar-refractivity contribution < 1.29 is 14.7 Å². The molecule has 6 heteroatoms. The van der Waals surface area contributed by atoms with Gasteiger partial charge in [0.1, 0.15) is 0 Å². The molecular formula is C15H15N3O3. The van der Waals surface area contributed by atoms with Crippen LogP contribution in [-0.4, -0.2) is 22.1 Å². The van der Waals surface area contributed by atoms with Crippen LogP contribution in [-0.2, 0) is 6.54 Å². The van der Waals surface area contributed by atoms with Gasteiger partial charge in [0.05, 0.1) is 11.3 Å². The first-order valence-corrected chi connectivity index (χ1v) is 6.34. The van der Waals surface area contributed by atoms with Crippen LogP contribution in [0.25, 0.3) is 0 Å². The van der Waals surface area contributed by atoms with Gasteiger partial charge in [-0.15, -0.1) is 0 Å². The van der Waals surface area contributed by atoms with Crippen LogP contribution in [0.1, 0.15) is 21.5 Å². The highest BCUT2D eigenvalue weighted by Crippen LogP contribution is 2.14. The maximum absolute atomic E-state index is 11.8. The van der Waals surface area contributed by atoms with Gasteiger partial charge in [-0.25, -0.2) is 9.59 Å². The van der Waals surface area contributed by atoms with Crippen LogP contribution in [0.2, 0.25) is 0 Å². The number of rotatable bonds is 4. The van der Waals surface area contributed by atoms with Gasteiger partial charge in [0.25, 0.3) is 0 Å². The van der Waals surface area contributed by atoms with Gasteiger partial charge in [-0.05, 0) is 36.2 Å². The number of carboxylic acids is 1. The number of amides is 2. The molecule has 0 bridgehead atoms. The summed E-state index contributed by atoms with van der Waals surface area (Å²) in [4.78, 5) is 26.9. The van der Waals surface area contributed by atoms with Crippen molar-refractivity contribution in [1.82, 2.24) is 10.3 Å². The van der Waals surface area contributed by atoms with Crippen molar-refractivity contribution in [3.63, 3.8) is 0 Å². The first kappa shape index (κ1) is 14.5. The highest BCUT2D eigenvalue weighted by Gasteiger charge is 2.11.